The number of nitrogens with zero attached hydrogens (tertiary/aromatic N) is 4. The average molecular weight is 654 g/mol. The highest BCUT2D eigenvalue weighted by Gasteiger charge is 2.27. The van der Waals surface area contributed by atoms with Crippen molar-refractivity contribution in [1.82, 2.24) is 14.8 Å². The van der Waals surface area contributed by atoms with Crippen LogP contribution in [-0.2, 0) is 12.8 Å². The van der Waals surface area contributed by atoms with E-state index >= 15 is 0 Å². The topological polar surface area (TPSA) is 67.4 Å². The van der Waals surface area contributed by atoms with Gasteiger partial charge in [0.05, 0.1) is 26.5 Å². The number of amides is 1. The van der Waals surface area contributed by atoms with Gasteiger partial charge in [-0.2, -0.15) is 0 Å². The van der Waals surface area contributed by atoms with E-state index in [1.165, 1.54) is 5.56 Å². The van der Waals surface area contributed by atoms with Gasteiger partial charge in [0, 0.05) is 52.0 Å². The lowest BCUT2D eigenvalue weighted by molar-refractivity contribution is 0.0979. The fourth-order valence-corrected chi connectivity index (χ4v) is 5.59. The van der Waals surface area contributed by atoms with Gasteiger partial charge in [-0.3, -0.25) is 9.78 Å². The van der Waals surface area contributed by atoms with E-state index in [1.54, 1.807) is 26.5 Å². The quantitative estimate of drug-likeness (QED) is 0.250. The summed E-state index contributed by atoms with van der Waals surface area (Å²) in [5.74, 6) is 2.28. The fraction of sp³-hybridized carbons (Fsp3) is 0.438. The van der Waals surface area contributed by atoms with Gasteiger partial charge in [0.15, 0.2) is 11.5 Å². The number of hydrogen-bond donors (Lipinski definition) is 0. The minimum Gasteiger partial charge on any atom is -0.493 e. The summed E-state index contributed by atoms with van der Waals surface area (Å²) in [4.78, 5) is 24.4. The number of pyridine rings is 1. The smallest absolute Gasteiger partial charge is 0.276 e. The second-order valence-electron chi connectivity index (χ2n) is 10.4. The van der Waals surface area contributed by atoms with Crippen LogP contribution in [0.15, 0.2) is 60.8 Å². The molecule has 1 aromatic heterocycles. The third kappa shape index (κ3) is 9.37. The molecule has 0 saturated carbocycles. The molecule has 0 atom stereocenters. The second kappa shape index (κ2) is 18.1. The van der Waals surface area contributed by atoms with Gasteiger partial charge >= 0.3 is 0 Å². The van der Waals surface area contributed by atoms with Crippen LogP contribution in [0.25, 0.3) is 0 Å². The number of aromatic nitrogens is 1. The molecule has 0 bridgehead atoms. The van der Waals surface area contributed by atoms with Crippen molar-refractivity contribution < 1.29 is 19.0 Å². The van der Waals surface area contributed by atoms with E-state index in [0.717, 1.165) is 93.5 Å². The average Bonchev–Trinajstić information content (AvgIpc) is 3.02. The number of methoxy groups -OCH3 is 2. The van der Waals surface area contributed by atoms with Crippen molar-refractivity contribution in [2.45, 2.75) is 25.7 Å². The molecule has 0 N–H and O–H groups in total. The van der Waals surface area contributed by atoms with Crippen LogP contribution in [0.1, 0.15) is 34.5 Å². The van der Waals surface area contributed by atoms with Gasteiger partial charge in [-0.05, 0) is 67.1 Å². The number of halogens is 3. The van der Waals surface area contributed by atoms with Gasteiger partial charge in [-0.15, -0.1) is 37.2 Å². The lowest BCUT2D eigenvalue weighted by Gasteiger charge is -2.34. The van der Waals surface area contributed by atoms with Crippen LogP contribution in [0, 0.1) is 0 Å². The third-order valence-corrected chi connectivity index (χ3v) is 7.82. The monoisotopic (exact) mass is 652 g/mol. The Morgan fingerprint density at radius 3 is 2.26 bits per heavy atom. The molecule has 8 nitrogen and oxygen atoms in total. The summed E-state index contributed by atoms with van der Waals surface area (Å²) in [5, 5.41) is 0. The standard InChI is InChI=1S/C32H40N4O4.3ClH/c1-38-28-13-12-25(24-30(28)39-2)14-18-35-21-19-34(20-22-35)16-7-23-40-29-11-5-8-26-9-6-17-36(31(26)29)32(37)27-10-3-4-15-33-27;;;/h3-5,8,10-13,15,24H,6-7,9,14,16-23H2,1-2H3;3*1H. The fourth-order valence-electron chi connectivity index (χ4n) is 5.59. The first-order valence-electron chi connectivity index (χ1n) is 14.3. The Morgan fingerprint density at radius 2 is 1.56 bits per heavy atom. The Kier molecular flexibility index (Phi) is 15.4. The maximum Gasteiger partial charge on any atom is 0.276 e. The van der Waals surface area contributed by atoms with E-state index in [4.69, 9.17) is 14.2 Å². The molecule has 2 aromatic carbocycles. The highest BCUT2D eigenvalue weighted by Crippen LogP contribution is 2.37. The van der Waals surface area contributed by atoms with E-state index in [0.29, 0.717) is 18.8 Å². The SMILES string of the molecule is COc1ccc(CCN2CCN(CCCOc3cccc4c3N(C(=O)c3ccccn3)CCC4)CC2)cc1OC.Cl.Cl.Cl. The van der Waals surface area contributed by atoms with Gasteiger partial charge in [0.2, 0.25) is 0 Å². The van der Waals surface area contributed by atoms with Gasteiger partial charge in [0.1, 0.15) is 11.4 Å². The summed E-state index contributed by atoms with van der Waals surface area (Å²) in [6.45, 7) is 7.64. The zero-order valence-corrected chi connectivity index (χ0v) is 27.4. The number of carbonyl (C=O) groups is 1. The predicted octanol–water partition coefficient (Wildman–Crippen LogP) is 5.59. The molecule has 5 rings (SSSR count). The first-order valence-corrected chi connectivity index (χ1v) is 14.3. The number of ether oxygens (including phenoxy) is 3. The summed E-state index contributed by atoms with van der Waals surface area (Å²) < 4.78 is 17.1. The summed E-state index contributed by atoms with van der Waals surface area (Å²) in [5.41, 5.74) is 3.80. The largest absolute Gasteiger partial charge is 0.493 e. The van der Waals surface area contributed by atoms with Gasteiger partial charge in [-0.25, -0.2) is 0 Å². The number of aryl methyl sites for hydroxylation is 1. The third-order valence-electron chi connectivity index (χ3n) is 7.82. The molecule has 3 heterocycles. The number of piperazine rings is 1. The number of rotatable bonds is 11. The Labute approximate surface area is 273 Å². The first kappa shape index (κ1) is 36.4. The molecule has 236 valence electrons. The molecule has 1 amide bonds. The van der Waals surface area contributed by atoms with Crippen molar-refractivity contribution >= 4 is 48.8 Å². The minimum absolute atomic E-state index is 0. The number of carbonyl (C=O) groups excluding carboxylic acids is 1. The van der Waals surface area contributed by atoms with Crippen molar-refractivity contribution in [3.05, 3.63) is 77.6 Å². The van der Waals surface area contributed by atoms with E-state index in [2.05, 4.69) is 33.0 Å². The number of hydrogen-bond acceptors (Lipinski definition) is 7. The van der Waals surface area contributed by atoms with Crippen molar-refractivity contribution in [3.8, 4) is 17.2 Å². The molecule has 1 saturated heterocycles. The van der Waals surface area contributed by atoms with Crippen molar-refractivity contribution in [2.75, 3.05) is 71.5 Å². The zero-order chi connectivity index (χ0) is 27.7. The summed E-state index contributed by atoms with van der Waals surface area (Å²) in [7, 11) is 3.34. The lowest BCUT2D eigenvalue weighted by atomic mass is 10.0. The molecular formula is C32H43Cl3N4O4. The summed E-state index contributed by atoms with van der Waals surface area (Å²) in [6, 6.07) is 17.8. The van der Waals surface area contributed by atoms with E-state index < -0.39 is 0 Å². The molecule has 0 aliphatic carbocycles. The van der Waals surface area contributed by atoms with E-state index in [9.17, 15) is 4.79 Å². The minimum atomic E-state index is -0.0680. The molecule has 11 heteroatoms. The molecule has 2 aliphatic rings. The molecule has 3 aromatic rings. The van der Waals surface area contributed by atoms with Gasteiger partial charge < -0.3 is 28.9 Å². The van der Waals surface area contributed by atoms with Crippen molar-refractivity contribution in [2.24, 2.45) is 0 Å². The predicted molar refractivity (Wildman–Crippen MR) is 179 cm³/mol. The number of fused-ring (bicyclic) bond motifs is 1. The van der Waals surface area contributed by atoms with E-state index in [1.807, 2.05) is 35.2 Å². The number of para-hydroxylation sites is 1. The lowest BCUT2D eigenvalue weighted by Crippen LogP contribution is -2.47. The van der Waals surface area contributed by atoms with Crippen LogP contribution in [0.3, 0.4) is 0 Å². The van der Waals surface area contributed by atoms with Crippen LogP contribution < -0.4 is 19.1 Å². The Balaban J connectivity index is 0.00000215. The molecule has 0 unspecified atom stereocenters. The first-order chi connectivity index (χ1) is 19.7. The van der Waals surface area contributed by atoms with Crippen LogP contribution in [-0.4, -0.2) is 87.3 Å². The zero-order valence-electron chi connectivity index (χ0n) is 24.9. The van der Waals surface area contributed by atoms with E-state index in [-0.39, 0.29) is 43.1 Å². The molecule has 0 radical (unpaired) electrons. The van der Waals surface area contributed by atoms with Crippen molar-refractivity contribution in [3.63, 3.8) is 0 Å². The Bertz CT molecular complexity index is 1280. The Morgan fingerprint density at radius 1 is 0.814 bits per heavy atom. The number of benzene rings is 2. The highest BCUT2D eigenvalue weighted by atomic mass is 35.5. The summed E-state index contributed by atoms with van der Waals surface area (Å²) >= 11 is 0. The normalized spacial score (nSPS) is 14.8. The van der Waals surface area contributed by atoms with Gasteiger partial charge in [-0.1, -0.05) is 24.3 Å². The van der Waals surface area contributed by atoms with Crippen molar-refractivity contribution in [1.29, 1.82) is 0 Å². The van der Waals surface area contributed by atoms with Gasteiger partial charge in [0.25, 0.3) is 5.91 Å². The Hall–Kier alpha value is -2.75. The molecule has 1 fully saturated rings. The molecule has 43 heavy (non-hydrogen) atoms. The summed E-state index contributed by atoms with van der Waals surface area (Å²) in [6.07, 6.45) is 5.50. The molecular weight excluding hydrogens is 611 g/mol. The second-order valence-corrected chi connectivity index (χ2v) is 10.4. The van der Waals surface area contributed by atoms with Crippen LogP contribution >= 0.6 is 37.2 Å². The van der Waals surface area contributed by atoms with Crippen LogP contribution in [0.4, 0.5) is 5.69 Å². The maximum absolute atomic E-state index is 13.2. The number of anilines is 1. The van der Waals surface area contributed by atoms with Crippen LogP contribution in [0.2, 0.25) is 0 Å². The highest BCUT2D eigenvalue weighted by molar-refractivity contribution is 6.06. The van der Waals surface area contributed by atoms with Crippen LogP contribution in [0.5, 0.6) is 17.2 Å². The molecule has 2 aliphatic heterocycles. The molecule has 0 spiro atoms. The maximum atomic E-state index is 13.2.